The van der Waals surface area contributed by atoms with Crippen molar-refractivity contribution in [1.82, 2.24) is 0 Å². The van der Waals surface area contributed by atoms with Crippen molar-refractivity contribution < 1.29 is 0 Å². The number of aryl methyl sites for hydroxylation is 1. The fraction of sp³-hybridized carbons (Fsp3) is 0.600. The van der Waals surface area contributed by atoms with Gasteiger partial charge in [0.25, 0.3) is 0 Å². The van der Waals surface area contributed by atoms with E-state index in [-0.39, 0.29) is 6.04 Å². The maximum Gasteiger partial charge on any atom is 0.0426 e. The van der Waals surface area contributed by atoms with E-state index in [1.165, 1.54) is 22.4 Å². The molecule has 18 heavy (non-hydrogen) atoms. The minimum absolute atomic E-state index is 0.164. The number of hydrogen-bond acceptors (Lipinski definition) is 3. The molecule has 0 bridgehead atoms. The smallest absolute Gasteiger partial charge is 0.0426 e. The first-order chi connectivity index (χ1) is 8.50. The van der Waals surface area contributed by atoms with E-state index in [2.05, 4.69) is 69.4 Å². The Bertz CT molecular complexity index is 419. The molecule has 0 radical (unpaired) electrons. The topological polar surface area (TPSA) is 26.0 Å². The average molecular weight is 281 g/mol. The number of benzene rings is 1. The van der Waals surface area contributed by atoms with Gasteiger partial charge in [-0.1, -0.05) is 32.0 Å². The SMILES string of the molecule is Cc1cccc(C(N)C2CSC(C)C(C)S2)c1C. The first kappa shape index (κ1) is 14.3. The zero-order chi connectivity index (χ0) is 13.3. The summed E-state index contributed by atoms with van der Waals surface area (Å²) < 4.78 is 0. The minimum Gasteiger partial charge on any atom is -0.323 e. The molecular formula is C15H23NS2. The lowest BCUT2D eigenvalue weighted by Crippen LogP contribution is -2.34. The van der Waals surface area contributed by atoms with Gasteiger partial charge in [0.2, 0.25) is 0 Å². The lowest BCUT2D eigenvalue weighted by Gasteiger charge is -2.35. The predicted molar refractivity (Wildman–Crippen MR) is 85.6 cm³/mol. The van der Waals surface area contributed by atoms with Crippen LogP contribution >= 0.6 is 23.5 Å². The maximum absolute atomic E-state index is 6.51. The molecule has 4 unspecified atom stereocenters. The summed E-state index contributed by atoms with van der Waals surface area (Å²) in [6, 6.07) is 6.65. The molecule has 0 aliphatic carbocycles. The lowest BCUT2D eigenvalue weighted by molar-refractivity contribution is 0.702. The highest BCUT2D eigenvalue weighted by Crippen LogP contribution is 2.40. The fourth-order valence-corrected chi connectivity index (χ4v) is 5.37. The van der Waals surface area contributed by atoms with Crippen molar-refractivity contribution in [3.63, 3.8) is 0 Å². The van der Waals surface area contributed by atoms with Gasteiger partial charge in [-0.2, -0.15) is 23.5 Å². The van der Waals surface area contributed by atoms with Gasteiger partial charge in [0.05, 0.1) is 0 Å². The van der Waals surface area contributed by atoms with Gasteiger partial charge in [-0.25, -0.2) is 0 Å². The number of hydrogen-bond donors (Lipinski definition) is 1. The molecular weight excluding hydrogens is 258 g/mol. The van der Waals surface area contributed by atoms with Crippen molar-refractivity contribution in [1.29, 1.82) is 0 Å². The number of rotatable bonds is 2. The minimum atomic E-state index is 0.164. The number of nitrogens with two attached hydrogens (primary N) is 1. The highest BCUT2D eigenvalue weighted by molar-refractivity contribution is 8.07. The Morgan fingerprint density at radius 3 is 2.61 bits per heavy atom. The normalized spacial score (nSPS) is 30.2. The van der Waals surface area contributed by atoms with Gasteiger partial charge in [-0.05, 0) is 30.5 Å². The van der Waals surface area contributed by atoms with Gasteiger partial charge < -0.3 is 5.73 Å². The summed E-state index contributed by atoms with van der Waals surface area (Å²) in [6.07, 6.45) is 0. The highest BCUT2D eigenvalue weighted by atomic mass is 32.2. The summed E-state index contributed by atoms with van der Waals surface area (Å²) in [5.74, 6) is 1.17. The van der Waals surface area contributed by atoms with Crippen LogP contribution in [0.2, 0.25) is 0 Å². The summed E-state index contributed by atoms with van der Waals surface area (Å²) in [7, 11) is 0. The summed E-state index contributed by atoms with van der Waals surface area (Å²) in [6.45, 7) is 9.00. The molecule has 1 nitrogen and oxygen atoms in total. The van der Waals surface area contributed by atoms with Crippen LogP contribution in [0.3, 0.4) is 0 Å². The molecule has 1 saturated heterocycles. The molecule has 2 rings (SSSR count). The van der Waals surface area contributed by atoms with Crippen LogP contribution in [0.15, 0.2) is 18.2 Å². The maximum atomic E-state index is 6.51. The van der Waals surface area contributed by atoms with E-state index in [1.807, 2.05) is 0 Å². The van der Waals surface area contributed by atoms with E-state index >= 15 is 0 Å². The largest absolute Gasteiger partial charge is 0.323 e. The molecule has 0 saturated carbocycles. The van der Waals surface area contributed by atoms with Crippen molar-refractivity contribution in [2.45, 2.75) is 49.5 Å². The molecule has 1 heterocycles. The Balaban J connectivity index is 2.16. The Labute approximate surface area is 119 Å². The molecule has 2 N–H and O–H groups in total. The van der Waals surface area contributed by atoms with Gasteiger partial charge >= 0.3 is 0 Å². The second kappa shape index (κ2) is 5.89. The molecule has 100 valence electrons. The summed E-state index contributed by atoms with van der Waals surface area (Å²) >= 11 is 4.13. The third-order valence-corrected chi connectivity index (χ3v) is 7.50. The molecule has 1 aliphatic rings. The monoisotopic (exact) mass is 281 g/mol. The van der Waals surface area contributed by atoms with Crippen LogP contribution in [-0.2, 0) is 0 Å². The molecule has 1 fully saturated rings. The summed E-state index contributed by atoms with van der Waals surface area (Å²) in [5, 5.41) is 1.99. The van der Waals surface area contributed by atoms with Crippen molar-refractivity contribution in [3.8, 4) is 0 Å². The van der Waals surface area contributed by atoms with E-state index in [0.29, 0.717) is 10.5 Å². The van der Waals surface area contributed by atoms with Crippen LogP contribution in [0, 0.1) is 13.8 Å². The quantitative estimate of drug-likeness (QED) is 0.889. The van der Waals surface area contributed by atoms with Crippen molar-refractivity contribution in [3.05, 3.63) is 34.9 Å². The first-order valence-electron chi connectivity index (χ1n) is 6.59. The lowest BCUT2D eigenvalue weighted by atomic mass is 9.96. The molecule has 4 atom stereocenters. The third-order valence-electron chi connectivity index (χ3n) is 3.98. The zero-order valence-corrected chi connectivity index (χ0v) is 13.3. The number of thioether (sulfide) groups is 2. The van der Waals surface area contributed by atoms with Gasteiger partial charge in [-0.3, -0.25) is 0 Å². The van der Waals surface area contributed by atoms with Crippen molar-refractivity contribution >= 4 is 23.5 Å². The second-order valence-corrected chi connectivity index (χ2v) is 8.26. The molecule has 0 amide bonds. The van der Waals surface area contributed by atoms with Crippen LogP contribution in [0.1, 0.15) is 36.6 Å². The van der Waals surface area contributed by atoms with Gasteiger partial charge in [0.15, 0.2) is 0 Å². The fourth-order valence-electron chi connectivity index (χ4n) is 2.33. The van der Waals surface area contributed by atoms with E-state index in [4.69, 9.17) is 5.73 Å². The molecule has 1 aromatic carbocycles. The van der Waals surface area contributed by atoms with Crippen LogP contribution in [0.25, 0.3) is 0 Å². The van der Waals surface area contributed by atoms with Crippen LogP contribution < -0.4 is 5.73 Å². The van der Waals surface area contributed by atoms with Crippen LogP contribution in [-0.4, -0.2) is 21.5 Å². The second-order valence-electron chi connectivity index (χ2n) is 5.23. The Morgan fingerprint density at radius 2 is 1.94 bits per heavy atom. The highest BCUT2D eigenvalue weighted by Gasteiger charge is 2.30. The van der Waals surface area contributed by atoms with Gasteiger partial charge in [0.1, 0.15) is 0 Å². The van der Waals surface area contributed by atoms with Crippen LogP contribution in [0.4, 0.5) is 0 Å². The van der Waals surface area contributed by atoms with E-state index in [9.17, 15) is 0 Å². The van der Waals surface area contributed by atoms with E-state index < -0.39 is 0 Å². The Hall–Kier alpha value is -0.120. The van der Waals surface area contributed by atoms with E-state index in [0.717, 1.165) is 5.25 Å². The van der Waals surface area contributed by atoms with Crippen molar-refractivity contribution in [2.75, 3.05) is 5.75 Å². The molecule has 1 aliphatic heterocycles. The van der Waals surface area contributed by atoms with E-state index in [1.54, 1.807) is 0 Å². The van der Waals surface area contributed by atoms with Gasteiger partial charge in [0, 0.05) is 27.5 Å². The molecule has 3 heteroatoms. The third kappa shape index (κ3) is 2.89. The Kier molecular flexibility index (Phi) is 4.68. The first-order valence-corrected chi connectivity index (χ1v) is 8.58. The average Bonchev–Trinajstić information content (AvgIpc) is 2.35. The summed E-state index contributed by atoms with van der Waals surface area (Å²) in [5.41, 5.74) is 10.5. The van der Waals surface area contributed by atoms with Crippen LogP contribution in [0.5, 0.6) is 0 Å². The summed E-state index contributed by atoms with van der Waals surface area (Å²) in [4.78, 5) is 0. The zero-order valence-electron chi connectivity index (χ0n) is 11.6. The molecule has 0 aromatic heterocycles. The van der Waals surface area contributed by atoms with Gasteiger partial charge in [-0.15, -0.1) is 0 Å². The molecule has 1 aromatic rings. The molecule has 0 spiro atoms. The standard InChI is InChI=1S/C15H23NS2/c1-9-6-5-7-13(10(9)2)15(16)14-8-17-11(3)12(4)18-14/h5-7,11-12,14-15H,8,16H2,1-4H3. The predicted octanol–water partition coefficient (Wildman–Crippen LogP) is 3.93. The Morgan fingerprint density at radius 1 is 1.22 bits per heavy atom. The van der Waals surface area contributed by atoms with Crippen molar-refractivity contribution in [2.24, 2.45) is 5.73 Å².